The van der Waals surface area contributed by atoms with Crippen LogP contribution >= 0.6 is 0 Å². The predicted molar refractivity (Wildman–Crippen MR) is 56.4 cm³/mol. The van der Waals surface area contributed by atoms with Crippen molar-refractivity contribution in [1.82, 2.24) is 5.32 Å². The number of amides is 1. The van der Waals surface area contributed by atoms with Crippen LogP contribution < -0.4 is 5.32 Å². The van der Waals surface area contributed by atoms with Crippen LogP contribution in [0.2, 0.25) is 0 Å². The molecular weight excluding hydrogens is 194 g/mol. The highest BCUT2D eigenvalue weighted by atomic mass is 16.4. The van der Waals surface area contributed by atoms with Crippen molar-refractivity contribution in [1.29, 1.82) is 0 Å². The number of carboxylic acid groups (broad SMARTS) is 1. The number of carboxylic acids is 1. The van der Waals surface area contributed by atoms with Crippen LogP contribution in [0, 0.1) is 5.92 Å². The maximum atomic E-state index is 11.5. The molecule has 1 saturated carbocycles. The number of hydrogen-bond acceptors (Lipinski definition) is 2. The first-order chi connectivity index (χ1) is 7.00. The molecule has 1 amide bonds. The molecule has 4 heteroatoms. The number of carbonyl (C=O) groups is 2. The van der Waals surface area contributed by atoms with Crippen molar-refractivity contribution in [3.05, 3.63) is 0 Å². The summed E-state index contributed by atoms with van der Waals surface area (Å²) >= 11 is 0. The molecule has 0 saturated heterocycles. The summed E-state index contributed by atoms with van der Waals surface area (Å²) in [6.07, 6.45) is 3.63. The lowest BCUT2D eigenvalue weighted by atomic mass is 10.0. The first-order valence-corrected chi connectivity index (χ1v) is 5.54. The summed E-state index contributed by atoms with van der Waals surface area (Å²) < 4.78 is 0. The maximum Gasteiger partial charge on any atom is 0.329 e. The Morgan fingerprint density at radius 3 is 2.47 bits per heavy atom. The molecular formula is C11H19NO3. The van der Waals surface area contributed by atoms with E-state index in [4.69, 9.17) is 5.11 Å². The van der Waals surface area contributed by atoms with Gasteiger partial charge in [-0.05, 0) is 18.8 Å². The number of rotatable bonds is 6. The van der Waals surface area contributed by atoms with E-state index in [2.05, 4.69) is 12.2 Å². The first kappa shape index (κ1) is 12.0. The fourth-order valence-corrected chi connectivity index (χ4v) is 1.75. The lowest BCUT2D eigenvalue weighted by Crippen LogP contribution is -2.43. The van der Waals surface area contributed by atoms with Crippen LogP contribution in [0.25, 0.3) is 0 Å². The van der Waals surface area contributed by atoms with Gasteiger partial charge in [-0.3, -0.25) is 4.79 Å². The van der Waals surface area contributed by atoms with Crippen LogP contribution in [0.1, 0.15) is 46.0 Å². The average Bonchev–Trinajstić information content (AvgIpc) is 2.85. The average molecular weight is 213 g/mol. The van der Waals surface area contributed by atoms with Gasteiger partial charge in [0.2, 0.25) is 5.91 Å². The van der Waals surface area contributed by atoms with E-state index >= 15 is 0 Å². The normalized spacial score (nSPS) is 19.3. The molecule has 1 aliphatic rings. The van der Waals surface area contributed by atoms with E-state index < -0.39 is 11.5 Å². The van der Waals surface area contributed by atoms with Gasteiger partial charge in [-0.2, -0.15) is 0 Å². The Hall–Kier alpha value is -1.06. The van der Waals surface area contributed by atoms with Crippen LogP contribution in [-0.2, 0) is 9.59 Å². The van der Waals surface area contributed by atoms with Gasteiger partial charge in [-0.15, -0.1) is 0 Å². The Bertz CT molecular complexity index is 259. The van der Waals surface area contributed by atoms with E-state index in [1.54, 1.807) is 0 Å². The van der Waals surface area contributed by atoms with Gasteiger partial charge in [0, 0.05) is 6.42 Å². The minimum absolute atomic E-state index is 0.129. The van der Waals surface area contributed by atoms with Crippen LogP contribution in [0.5, 0.6) is 0 Å². The van der Waals surface area contributed by atoms with Gasteiger partial charge in [0.05, 0.1) is 0 Å². The van der Waals surface area contributed by atoms with Crippen molar-refractivity contribution in [3.8, 4) is 0 Å². The van der Waals surface area contributed by atoms with Crippen molar-refractivity contribution in [2.45, 2.75) is 51.5 Å². The second kappa shape index (κ2) is 4.64. The molecule has 86 valence electrons. The van der Waals surface area contributed by atoms with Crippen LogP contribution in [0.15, 0.2) is 0 Å². The highest BCUT2D eigenvalue weighted by Crippen LogP contribution is 2.35. The minimum Gasteiger partial charge on any atom is -0.480 e. The molecule has 1 atom stereocenters. The molecule has 0 heterocycles. The fraction of sp³-hybridized carbons (Fsp3) is 0.818. The van der Waals surface area contributed by atoms with Gasteiger partial charge in [-0.1, -0.05) is 26.7 Å². The molecule has 1 unspecified atom stereocenters. The first-order valence-electron chi connectivity index (χ1n) is 5.54. The SMILES string of the molecule is CCCC(C)CC(=O)NC1(C(=O)O)CC1. The third kappa shape index (κ3) is 3.22. The largest absolute Gasteiger partial charge is 0.480 e. The van der Waals surface area contributed by atoms with E-state index in [1.807, 2.05) is 6.92 Å². The predicted octanol–water partition coefficient (Wildman–Crippen LogP) is 1.55. The summed E-state index contributed by atoms with van der Waals surface area (Å²) in [4.78, 5) is 22.3. The maximum absolute atomic E-state index is 11.5. The van der Waals surface area contributed by atoms with Crippen molar-refractivity contribution < 1.29 is 14.7 Å². The molecule has 0 radical (unpaired) electrons. The van der Waals surface area contributed by atoms with E-state index in [0.29, 0.717) is 25.2 Å². The summed E-state index contributed by atoms with van der Waals surface area (Å²) in [6.45, 7) is 4.09. The molecule has 15 heavy (non-hydrogen) atoms. The smallest absolute Gasteiger partial charge is 0.329 e. The topological polar surface area (TPSA) is 66.4 Å². The van der Waals surface area contributed by atoms with Crippen LogP contribution in [-0.4, -0.2) is 22.5 Å². The third-order valence-corrected chi connectivity index (χ3v) is 2.85. The monoisotopic (exact) mass is 213 g/mol. The van der Waals surface area contributed by atoms with E-state index in [9.17, 15) is 9.59 Å². The van der Waals surface area contributed by atoms with E-state index in [1.165, 1.54) is 0 Å². The Kier molecular flexibility index (Phi) is 3.72. The Labute approximate surface area is 90.0 Å². The van der Waals surface area contributed by atoms with Crippen molar-refractivity contribution >= 4 is 11.9 Å². The molecule has 4 nitrogen and oxygen atoms in total. The second-order valence-electron chi connectivity index (χ2n) is 4.53. The van der Waals surface area contributed by atoms with Gasteiger partial charge >= 0.3 is 5.97 Å². The summed E-state index contributed by atoms with van der Waals surface area (Å²) in [5.74, 6) is -0.700. The lowest BCUT2D eigenvalue weighted by Gasteiger charge is -2.14. The van der Waals surface area contributed by atoms with Gasteiger partial charge in [-0.25, -0.2) is 4.79 Å². The zero-order valence-electron chi connectivity index (χ0n) is 9.38. The van der Waals surface area contributed by atoms with Crippen LogP contribution in [0.4, 0.5) is 0 Å². The zero-order valence-corrected chi connectivity index (χ0v) is 9.38. The van der Waals surface area contributed by atoms with Crippen molar-refractivity contribution in [2.75, 3.05) is 0 Å². The molecule has 0 aliphatic heterocycles. The molecule has 0 spiro atoms. The third-order valence-electron chi connectivity index (χ3n) is 2.85. The standard InChI is InChI=1S/C11H19NO3/c1-3-4-8(2)7-9(13)12-11(5-6-11)10(14)15/h8H,3-7H2,1-2H3,(H,12,13)(H,14,15). The van der Waals surface area contributed by atoms with Gasteiger partial charge < -0.3 is 10.4 Å². The van der Waals surface area contributed by atoms with Gasteiger partial charge in [0.1, 0.15) is 5.54 Å². The molecule has 1 aliphatic carbocycles. The molecule has 0 aromatic heterocycles. The van der Waals surface area contributed by atoms with Crippen molar-refractivity contribution in [2.24, 2.45) is 5.92 Å². The number of nitrogens with one attached hydrogen (secondary N) is 1. The summed E-state index contributed by atoms with van der Waals surface area (Å²) in [5.41, 5.74) is -0.928. The summed E-state index contributed by atoms with van der Waals surface area (Å²) in [5, 5.41) is 11.5. The van der Waals surface area contributed by atoms with Crippen LogP contribution in [0.3, 0.4) is 0 Å². The highest BCUT2D eigenvalue weighted by Gasteiger charge is 2.51. The van der Waals surface area contributed by atoms with Crippen molar-refractivity contribution in [3.63, 3.8) is 0 Å². The van der Waals surface area contributed by atoms with Gasteiger partial charge in [0.25, 0.3) is 0 Å². The molecule has 0 aromatic rings. The highest BCUT2D eigenvalue weighted by molar-refractivity contribution is 5.89. The molecule has 0 aromatic carbocycles. The zero-order chi connectivity index (χ0) is 11.5. The van der Waals surface area contributed by atoms with Gasteiger partial charge in [0.15, 0.2) is 0 Å². The lowest BCUT2D eigenvalue weighted by molar-refractivity contribution is -0.143. The molecule has 0 bridgehead atoms. The summed E-state index contributed by atoms with van der Waals surface area (Å²) in [6, 6.07) is 0. The Balaban J connectivity index is 2.33. The Morgan fingerprint density at radius 2 is 2.07 bits per heavy atom. The second-order valence-corrected chi connectivity index (χ2v) is 4.53. The molecule has 1 rings (SSSR count). The van der Waals surface area contributed by atoms with E-state index in [-0.39, 0.29) is 5.91 Å². The molecule has 2 N–H and O–H groups in total. The number of hydrogen-bond donors (Lipinski definition) is 2. The quantitative estimate of drug-likeness (QED) is 0.703. The molecule has 1 fully saturated rings. The Morgan fingerprint density at radius 1 is 1.47 bits per heavy atom. The summed E-state index contributed by atoms with van der Waals surface area (Å²) in [7, 11) is 0. The minimum atomic E-state index is -0.928. The fourth-order valence-electron chi connectivity index (χ4n) is 1.75. The number of aliphatic carboxylic acids is 1. The van der Waals surface area contributed by atoms with E-state index in [0.717, 1.165) is 12.8 Å². The number of carbonyl (C=O) groups excluding carboxylic acids is 1.